The van der Waals surface area contributed by atoms with Gasteiger partial charge >= 0.3 is 7.82 Å². The molecule has 13 heteroatoms. The van der Waals surface area contributed by atoms with Crippen LogP contribution >= 0.6 is 19.4 Å². The van der Waals surface area contributed by atoms with Crippen LogP contribution in [0.3, 0.4) is 0 Å². The van der Waals surface area contributed by atoms with E-state index in [1.165, 1.54) is 6.42 Å². The molecule has 0 bridgehead atoms. The maximum Gasteiger partial charge on any atom is 0.469 e. The second-order valence-electron chi connectivity index (χ2n) is 10.1. The number of amides is 1. The van der Waals surface area contributed by atoms with Crippen molar-refractivity contribution in [2.24, 2.45) is 11.8 Å². The average molecular weight is 552 g/mol. The molecule has 2 aliphatic carbocycles. The Morgan fingerprint density at radius 1 is 1.19 bits per heavy atom. The highest BCUT2D eigenvalue weighted by Gasteiger charge is 2.46. The summed E-state index contributed by atoms with van der Waals surface area (Å²) in [6.07, 6.45) is 4.26. The van der Waals surface area contributed by atoms with Crippen LogP contribution in [-0.4, -0.2) is 56.0 Å². The Kier molecular flexibility index (Phi) is 7.72. The number of carbonyl (C=O) groups is 1. The number of nitrogens with zero attached hydrogens (tertiary/aromatic N) is 3. The first-order valence-electron chi connectivity index (χ1n) is 12.5. The minimum Gasteiger partial charge on any atom is -0.392 e. The van der Waals surface area contributed by atoms with Gasteiger partial charge in [-0.05, 0) is 61.1 Å². The molecule has 1 aliphatic heterocycles. The summed E-state index contributed by atoms with van der Waals surface area (Å²) in [5.41, 5.74) is 1.84. The van der Waals surface area contributed by atoms with Crippen molar-refractivity contribution in [3.8, 4) is 0 Å². The van der Waals surface area contributed by atoms with Crippen molar-refractivity contribution in [2.45, 2.75) is 57.4 Å². The van der Waals surface area contributed by atoms with E-state index in [0.29, 0.717) is 72.0 Å². The van der Waals surface area contributed by atoms with Crippen molar-refractivity contribution >= 4 is 37.1 Å². The van der Waals surface area contributed by atoms with Crippen LogP contribution in [0.15, 0.2) is 24.4 Å². The Morgan fingerprint density at radius 3 is 2.57 bits per heavy atom. The molecule has 0 spiro atoms. The van der Waals surface area contributed by atoms with Gasteiger partial charge in [-0.2, -0.15) is 4.98 Å². The van der Waals surface area contributed by atoms with Gasteiger partial charge in [-0.25, -0.2) is 9.55 Å². The van der Waals surface area contributed by atoms with Gasteiger partial charge in [0.25, 0.3) is 5.91 Å². The van der Waals surface area contributed by atoms with Crippen molar-refractivity contribution in [3.05, 3.63) is 46.1 Å². The summed E-state index contributed by atoms with van der Waals surface area (Å²) in [6, 6.07) is 5.25. The van der Waals surface area contributed by atoms with Gasteiger partial charge in [-0.15, -0.1) is 0 Å². The van der Waals surface area contributed by atoms with Crippen LogP contribution in [0.1, 0.15) is 53.6 Å². The zero-order chi connectivity index (χ0) is 26.2. The van der Waals surface area contributed by atoms with Gasteiger partial charge in [0.05, 0.1) is 12.7 Å². The predicted molar refractivity (Wildman–Crippen MR) is 137 cm³/mol. The van der Waals surface area contributed by atoms with E-state index in [4.69, 9.17) is 30.9 Å². The van der Waals surface area contributed by atoms with Gasteiger partial charge in [0.15, 0.2) is 0 Å². The highest BCUT2D eigenvalue weighted by molar-refractivity contribution is 7.46. The minimum absolute atomic E-state index is 0.142. The summed E-state index contributed by atoms with van der Waals surface area (Å²) in [5, 5.41) is 16.1. The van der Waals surface area contributed by atoms with Crippen LogP contribution in [0.5, 0.6) is 0 Å². The number of fused-ring (bicyclic) bond motifs is 1. The van der Waals surface area contributed by atoms with Crippen molar-refractivity contribution < 1.29 is 28.8 Å². The quantitative estimate of drug-likeness (QED) is 0.293. The fraction of sp³-hybridized carbons (Fsp3) is 0.542. The summed E-state index contributed by atoms with van der Waals surface area (Å²) in [4.78, 5) is 42.7. The van der Waals surface area contributed by atoms with Gasteiger partial charge in [0.2, 0.25) is 5.95 Å². The number of aliphatic hydroxyl groups is 1. The molecule has 11 nitrogen and oxygen atoms in total. The smallest absolute Gasteiger partial charge is 0.392 e. The average Bonchev–Trinajstić information content (AvgIpc) is 3.47. The maximum absolute atomic E-state index is 13.2. The molecule has 2 aromatic rings. The van der Waals surface area contributed by atoms with Crippen LogP contribution in [-0.2, 0) is 22.2 Å². The van der Waals surface area contributed by atoms with Crippen LogP contribution < -0.4 is 15.5 Å². The Hall–Kier alpha value is -2.27. The second-order valence-corrected chi connectivity index (χ2v) is 11.7. The molecule has 1 amide bonds. The van der Waals surface area contributed by atoms with E-state index in [1.54, 1.807) is 18.3 Å². The standard InChI is InChI=1S/C24H31ClN5O6P/c25-21-7-14(1-2-15(21)13-31)9-26-22-20(10-27-24(29-22)30-11-16-8-17(16)12-30)23(32)28-18-3-5-19(6-4-18)36-37(33,34)35/h1-2,7,10,16-19,31H,3-6,8-9,11-13H2,(H,28,32)(H,26,27,29)(H2,33,34,35)/t16?,17?,18-,19-. The second kappa shape index (κ2) is 10.8. The molecule has 3 aliphatic rings. The number of phosphoric ester groups is 1. The van der Waals surface area contributed by atoms with Crippen molar-refractivity contribution in [3.63, 3.8) is 0 Å². The first kappa shape index (κ1) is 26.3. The number of benzene rings is 1. The lowest BCUT2D eigenvalue weighted by atomic mass is 9.93. The molecule has 1 aromatic carbocycles. The van der Waals surface area contributed by atoms with Gasteiger partial charge in [-0.3, -0.25) is 9.32 Å². The minimum atomic E-state index is -4.53. The normalized spacial score (nSPS) is 25.0. The number of aromatic nitrogens is 2. The molecule has 1 saturated heterocycles. The molecule has 2 atom stereocenters. The Labute approximate surface area is 219 Å². The molecule has 5 N–H and O–H groups in total. The number of nitrogens with one attached hydrogen (secondary N) is 2. The molecular formula is C24H31ClN5O6P. The molecule has 2 heterocycles. The topological polar surface area (TPSA) is 157 Å². The third kappa shape index (κ3) is 6.60. The van der Waals surface area contributed by atoms with E-state index >= 15 is 0 Å². The summed E-state index contributed by atoms with van der Waals surface area (Å²) in [6.45, 7) is 2.08. The fourth-order valence-electron chi connectivity index (χ4n) is 5.17. The summed E-state index contributed by atoms with van der Waals surface area (Å²) in [5.74, 6) is 2.12. The molecule has 5 rings (SSSR count). The number of aliphatic hydroxyl groups excluding tert-OH is 1. The molecule has 2 unspecified atom stereocenters. The lowest BCUT2D eigenvalue weighted by Gasteiger charge is -2.29. The zero-order valence-electron chi connectivity index (χ0n) is 20.2. The molecule has 0 radical (unpaired) electrons. The third-order valence-corrected chi connectivity index (χ3v) is 8.25. The molecule has 37 heavy (non-hydrogen) atoms. The summed E-state index contributed by atoms with van der Waals surface area (Å²) < 4.78 is 15.9. The number of hydrogen-bond donors (Lipinski definition) is 5. The number of piperidine rings is 1. The van der Waals surface area contributed by atoms with E-state index in [2.05, 4.69) is 20.5 Å². The molecular weight excluding hydrogens is 521 g/mol. The lowest BCUT2D eigenvalue weighted by molar-refractivity contribution is 0.0820. The highest BCUT2D eigenvalue weighted by Crippen LogP contribution is 2.45. The van der Waals surface area contributed by atoms with Gasteiger partial charge in [0.1, 0.15) is 11.4 Å². The van der Waals surface area contributed by atoms with Crippen molar-refractivity contribution in [1.82, 2.24) is 15.3 Å². The molecule has 2 saturated carbocycles. The Bertz CT molecular complexity index is 1190. The Morgan fingerprint density at radius 2 is 1.92 bits per heavy atom. The molecule has 1 aromatic heterocycles. The number of phosphoric acid groups is 1. The number of carbonyl (C=O) groups excluding carboxylic acids is 1. The van der Waals surface area contributed by atoms with Gasteiger partial charge < -0.3 is 30.4 Å². The van der Waals surface area contributed by atoms with E-state index in [-0.39, 0.29) is 18.6 Å². The lowest BCUT2D eigenvalue weighted by Crippen LogP contribution is -2.39. The van der Waals surface area contributed by atoms with Crippen LogP contribution in [0.2, 0.25) is 5.02 Å². The first-order valence-corrected chi connectivity index (χ1v) is 14.4. The summed E-state index contributed by atoms with van der Waals surface area (Å²) in [7, 11) is -4.53. The van der Waals surface area contributed by atoms with Crippen LogP contribution in [0.25, 0.3) is 0 Å². The van der Waals surface area contributed by atoms with Crippen LogP contribution in [0, 0.1) is 11.8 Å². The van der Waals surface area contributed by atoms with E-state index in [0.717, 1.165) is 18.7 Å². The Balaban J connectivity index is 1.28. The fourth-order valence-corrected chi connectivity index (χ4v) is 6.03. The van der Waals surface area contributed by atoms with Gasteiger partial charge in [-0.1, -0.05) is 23.7 Å². The zero-order valence-corrected chi connectivity index (χ0v) is 21.9. The molecule has 200 valence electrons. The molecule has 3 fully saturated rings. The number of halogens is 1. The van der Waals surface area contributed by atoms with Crippen LogP contribution in [0.4, 0.5) is 11.8 Å². The summed E-state index contributed by atoms with van der Waals surface area (Å²) >= 11 is 6.24. The largest absolute Gasteiger partial charge is 0.469 e. The monoisotopic (exact) mass is 551 g/mol. The predicted octanol–water partition coefficient (Wildman–Crippen LogP) is 2.84. The first-order chi connectivity index (χ1) is 17.7. The van der Waals surface area contributed by atoms with Crippen molar-refractivity contribution in [2.75, 3.05) is 23.3 Å². The number of rotatable bonds is 9. The van der Waals surface area contributed by atoms with E-state index in [1.807, 2.05) is 6.07 Å². The SMILES string of the molecule is O=C(N[C@H]1CC[C@H](OP(=O)(O)O)CC1)c1cnc(N2CC3CC3C2)nc1NCc1ccc(CO)c(Cl)c1. The van der Waals surface area contributed by atoms with E-state index < -0.39 is 13.9 Å². The van der Waals surface area contributed by atoms with Crippen molar-refractivity contribution in [1.29, 1.82) is 0 Å². The van der Waals surface area contributed by atoms with E-state index in [9.17, 15) is 14.5 Å². The number of anilines is 2. The third-order valence-electron chi connectivity index (χ3n) is 7.33. The maximum atomic E-state index is 13.2. The highest BCUT2D eigenvalue weighted by atomic mass is 35.5. The van der Waals surface area contributed by atoms with Gasteiger partial charge in [0, 0.05) is 36.9 Å². The number of hydrogen-bond acceptors (Lipinski definition) is 8.